The van der Waals surface area contributed by atoms with Gasteiger partial charge in [-0.2, -0.15) is 0 Å². The van der Waals surface area contributed by atoms with Crippen molar-refractivity contribution in [1.29, 1.82) is 0 Å². The Labute approximate surface area is 177 Å². The molecule has 1 aromatic heterocycles. The largest absolute Gasteiger partial charge is 0.378 e. The third-order valence-electron chi connectivity index (χ3n) is 5.84. The van der Waals surface area contributed by atoms with Gasteiger partial charge in [-0.1, -0.05) is 43.0 Å². The number of aromatic nitrogens is 2. The number of imidazole rings is 1. The molecule has 2 aliphatic rings. The van der Waals surface area contributed by atoms with Gasteiger partial charge in [0.2, 0.25) is 5.91 Å². The topological polar surface area (TPSA) is 50.6 Å². The number of ether oxygens (including phenoxy) is 1. The number of morpholine rings is 1. The van der Waals surface area contributed by atoms with Crippen molar-refractivity contribution in [1.82, 2.24) is 19.4 Å². The molecule has 2 aliphatic heterocycles. The smallest absolute Gasteiger partial charge is 0.240 e. The summed E-state index contributed by atoms with van der Waals surface area (Å²) in [5.41, 5.74) is 2.61. The third kappa shape index (κ3) is 4.85. The van der Waals surface area contributed by atoms with E-state index in [-0.39, 0.29) is 11.9 Å². The van der Waals surface area contributed by atoms with Crippen molar-refractivity contribution < 1.29 is 9.53 Å². The van der Waals surface area contributed by atoms with Crippen LogP contribution < -0.4 is 0 Å². The first-order chi connectivity index (χ1) is 14.1. The van der Waals surface area contributed by atoms with Gasteiger partial charge in [-0.3, -0.25) is 9.69 Å². The number of carbonyl (C=O) groups excluding carboxylic acids is 1. The second kappa shape index (κ2) is 9.32. The first-order valence-corrected chi connectivity index (χ1v) is 11.3. The fourth-order valence-corrected chi connectivity index (χ4v) is 5.29. The van der Waals surface area contributed by atoms with E-state index in [9.17, 15) is 4.79 Å². The van der Waals surface area contributed by atoms with Gasteiger partial charge in [-0.05, 0) is 24.0 Å². The molecule has 2 atom stereocenters. The Kier molecular flexibility index (Phi) is 6.57. The predicted octanol–water partition coefficient (Wildman–Crippen LogP) is 2.58. The lowest BCUT2D eigenvalue weighted by atomic mass is 10.1. The van der Waals surface area contributed by atoms with Gasteiger partial charge in [0.15, 0.2) is 5.16 Å². The molecule has 0 aliphatic carbocycles. The number of benzene rings is 1. The standard InChI is InChI=1S/C22H30N4O2S/c1-3-17-4-6-18(7-5-17)15-26-16-19(29-22-23-8-9-24(22)2)14-20(26)21(27)25-10-12-28-13-11-25/h4-9,19-20H,3,10-16H2,1-2H3/t19-,20+/m1/s1. The van der Waals surface area contributed by atoms with E-state index in [4.69, 9.17) is 4.74 Å². The van der Waals surface area contributed by atoms with Crippen LogP contribution in [0.2, 0.25) is 0 Å². The molecule has 0 radical (unpaired) electrons. The van der Waals surface area contributed by atoms with Crippen LogP contribution in [0, 0.1) is 0 Å². The van der Waals surface area contributed by atoms with E-state index < -0.39 is 0 Å². The molecule has 2 saturated heterocycles. The number of hydrogen-bond donors (Lipinski definition) is 0. The quantitative estimate of drug-likeness (QED) is 0.727. The molecule has 0 unspecified atom stereocenters. The van der Waals surface area contributed by atoms with Gasteiger partial charge in [-0.15, -0.1) is 0 Å². The van der Waals surface area contributed by atoms with E-state index >= 15 is 0 Å². The SMILES string of the molecule is CCc1ccc(CN2C[C@H](Sc3nccn3C)C[C@H]2C(=O)N2CCOCC2)cc1. The highest BCUT2D eigenvalue weighted by Gasteiger charge is 2.39. The zero-order valence-electron chi connectivity index (χ0n) is 17.3. The first kappa shape index (κ1) is 20.4. The molecule has 3 heterocycles. The molecular formula is C22H30N4O2S. The number of carbonyl (C=O) groups is 1. The van der Waals surface area contributed by atoms with E-state index in [1.165, 1.54) is 11.1 Å². The summed E-state index contributed by atoms with van der Waals surface area (Å²) in [6.07, 6.45) is 5.71. The maximum Gasteiger partial charge on any atom is 0.240 e. The second-order valence-electron chi connectivity index (χ2n) is 7.85. The number of thioether (sulfide) groups is 1. The molecule has 2 aromatic rings. The van der Waals surface area contributed by atoms with E-state index in [2.05, 4.69) is 45.6 Å². The van der Waals surface area contributed by atoms with Crippen LogP contribution >= 0.6 is 11.8 Å². The minimum Gasteiger partial charge on any atom is -0.378 e. The first-order valence-electron chi connectivity index (χ1n) is 10.5. The van der Waals surface area contributed by atoms with Crippen LogP contribution in [0.25, 0.3) is 0 Å². The number of likely N-dealkylation sites (tertiary alicyclic amines) is 1. The summed E-state index contributed by atoms with van der Waals surface area (Å²) in [6, 6.07) is 8.73. The monoisotopic (exact) mass is 414 g/mol. The van der Waals surface area contributed by atoms with Gasteiger partial charge >= 0.3 is 0 Å². The average molecular weight is 415 g/mol. The molecule has 0 spiro atoms. The summed E-state index contributed by atoms with van der Waals surface area (Å²) in [5.74, 6) is 0.251. The highest BCUT2D eigenvalue weighted by molar-refractivity contribution is 7.99. The van der Waals surface area contributed by atoms with Gasteiger partial charge in [0.25, 0.3) is 0 Å². The Morgan fingerprint density at radius 3 is 2.59 bits per heavy atom. The van der Waals surface area contributed by atoms with Gasteiger partial charge < -0.3 is 14.2 Å². The molecule has 6 nitrogen and oxygen atoms in total. The molecule has 0 bridgehead atoms. The van der Waals surface area contributed by atoms with E-state index in [0.29, 0.717) is 31.6 Å². The minimum absolute atomic E-state index is 0.0725. The van der Waals surface area contributed by atoms with Crippen LogP contribution in [-0.4, -0.2) is 69.4 Å². The second-order valence-corrected chi connectivity index (χ2v) is 9.12. The molecular weight excluding hydrogens is 384 g/mol. The van der Waals surface area contributed by atoms with E-state index in [1.54, 1.807) is 11.8 Å². The fraction of sp³-hybridized carbons (Fsp3) is 0.545. The lowest BCUT2D eigenvalue weighted by molar-refractivity contribution is -0.140. The van der Waals surface area contributed by atoms with Crippen molar-refractivity contribution in [2.45, 2.75) is 42.8 Å². The average Bonchev–Trinajstić information content (AvgIpc) is 3.35. The Balaban J connectivity index is 1.49. The molecule has 0 N–H and O–H groups in total. The number of aryl methyl sites for hydroxylation is 2. The number of rotatable bonds is 6. The maximum atomic E-state index is 13.3. The zero-order chi connectivity index (χ0) is 20.2. The molecule has 0 saturated carbocycles. The van der Waals surface area contributed by atoms with Gasteiger partial charge in [-0.25, -0.2) is 4.98 Å². The summed E-state index contributed by atoms with van der Waals surface area (Å²) in [4.78, 5) is 22.1. The highest BCUT2D eigenvalue weighted by atomic mass is 32.2. The van der Waals surface area contributed by atoms with Crippen LogP contribution in [0.5, 0.6) is 0 Å². The molecule has 1 amide bonds. The van der Waals surface area contributed by atoms with Gasteiger partial charge in [0, 0.05) is 50.9 Å². The van der Waals surface area contributed by atoms with Crippen LogP contribution in [0.15, 0.2) is 41.8 Å². The van der Waals surface area contributed by atoms with Crippen molar-refractivity contribution >= 4 is 17.7 Å². The van der Waals surface area contributed by atoms with Crippen molar-refractivity contribution in [2.24, 2.45) is 7.05 Å². The Bertz CT molecular complexity index is 816. The molecule has 1 aromatic carbocycles. The predicted molar refractivity (Wildman–Crippen MR) is 115 cm³/mol. The van der Waals surface area contributed by atoms with Crippen LogP contribution in [0.3, 0.4) is 0 Å². The molecule has 29 heavy (non-hydrogen) atoms. The Hall–Kier alpha value is -1.83. The Morgan fingerprint density at radius 1 is 1.21 bits per heavy atom. The molecule has 156 valence electrons. The Morgan fingerprint density at radius 2 is 1.93 bits per heavy atom. The summed E-state index contributed by atoms with van der Waals surface area (Å²) >= 11 is 1.79. The number of amides is 1. The lowest BCUT2D eigenvalue weighted by Crippen LogP contribution is -2.49. The summed E-state index contributed by atoms with van der Waals surface area (Å²) in [6.45, 7) is 6.56. The van der Waals surface area contributed by atoms with Crippen molar-refractivity contribution in [3.8, 4) is 0 Å². The third-order valence-corrected chi connectivity index (χ3v) is 7.12. The lowest BCUT2D eigenvalue weighted by Gasteiger charge is -2.32. The van der Waals surface area contributed by atoms with Crippen molar-refractivity contribution in [3.05, 3.63) is 47.8 Å². The normalized spacial score (nSPS) is 22.9. The van der Waals surface area contributed by atoms with Crippen molar-refractivity contribution in [3.63, 3.8) is 0 Å². The summed E-state index contributed by atoms with van der Waals surface area (Å²) in [5, 5.41) is 1.38. The molecule has 7 heteroatoms. The summed E-state index contributed by atoms with van der Waals surface area (Å²) in [7, 11) is 2.02. The van der Waals surface area contributed by atoms with Crippen LogP contribution in [-0.2, 0) is 29.5 Å². The van der Waals surface area contributed by atoms with Crippen LogP contribution in [0.1, 0.15) is 24.5 Å². The maximum absolute atomic E-state index is 13.3. The molecule has 2 fully saturated rings. The van der Waals surface area contributed by atoms with Crippen molar-refractivity contribution in [2.75, 3.05) is 32.8 Å². The van der Waals surface area contributed by atoms with E-state index in [1.807, 2.05) is 24.3 Å². The zero-order valence-corrected chi connectivity index (χ0v) is 18.1. The highest BCUT2D eigenvalue weighted by Crippen LogP contribution is 2.33. The fourth-order valence-electron chi connectivity index (χ4n) is 4.10. The number of nitrogens with zero attached hydrogens (tertiary/aromatic N) is 4. The van der Waals surface area contributed by atoms with E-state index in [0.717, 1.165) is 31.1 Å². The summed E-state index contributed by atoms with van der Waals surface area (Å²) < 4.78 is 7.49. The van der Waals surface area contributed by atoms with Crippen LogP contribution in [0.4, 0.5) is 0 Å². The molecule has 4 rings (SSSR count). The van der Waals surface area contributed by atoms with Gasteiger partial charge in [0.1, 0.15) is 0 Å². The van der Waals surface area contributed by atoms with Gasteiger partial charge in [0.05, 0.1) is 19.3 Å². The minimum atomic E-state index is -0.0725. The number of hydrogen-bond acceptors (Lipinski definition) is 5.